The highest BCUT2D eigenvalue weighted by Crippen LogP contribution is 2.52. The molecule has 2 aromatic carbocycles. The summed E-state index contributed by atoms with van der Waals surface area (Å²) in [6.45, 7) is 10.3. The smallest absolute Gasteiger partial charge is 0.304 e. The van der Waals surface area contributed by atoms with Crippen LogP contribution in [0.2, 0.25) is 10.0 Å². The van der Waals surface area contributed by atoms with Gasteiger partial charge in [0.1, 0.15) is 0 Å². The van der Waals surface area contributed by atoms with Crippen LogP contribution >= 0.6 is 23.2 Å². The lowest BCUT2D eigenvalue weighted by molar-refractivity contribution is -0.161. The van der Waals surface area contributed by atoms with Crippen molar-refractivity contribution in [2.75, 3.05) is 19.6 Å². The van der Waals surface area contributed by atoms with Gasteiger partial charge in [0, 0.05) is 41.6 Å². The van der Waals surface area contributed by atoms with Crippen LogP contribution in [0.15, 0.2) is 48.5 Å². The Bertz CT molecular complexity index is 1130. The van der Waals surface area contributed by atoms with Crippen molar-refractivity contribution in [3.8, 4) is 0 Å². The third-order valence-corrected chi connectivity index (χ3v) is 8.45. The summed E-state index contributed by atoms with van der Waals surface area (Å²) in [6, 6.07) is 15.0. The first-order valence-electron chi connectivity index (χ1n) is 13.4. The van der Waals surface area contributed by atoms with Crippen molar-refractivity contribution in [1.82, 2.24) is 9.80 Å². The minimum Gasteiger partial charge on any atom is -0.481 e. The number of ether oxygens (including phenoxy) is 1. The molecule has 2 unspecified atom stereocenters. The number of carboxylic acids is 1. The Morgan fingerprint density at radius 1 is 1.08 bits per heavy atom. The van der Waals surface area contributed by atoms with Gasteiger partial charge in [0.25, 0.3) is 0 Å². The highest BCUT2D eigenvalue weighted by Gasteiger charge is 2.52. The molecule has 6 atom stereocenters. The Morgan fingerprint density at radius 2 is 1.74 bits per heavy atom. The first kappa shape index (κ1) is 28.9. The van der Waals surface area contributed by atoms with E-state index in [2.05, 4.69) is 25.7 Å². The number of carbonyl (C=O) groups is 2. The standard InChI is InChI=1S/C30H38Cl2N2O4/c1-5-25(18-33-16-19(2)38-20(3)17-33)34-28(21-9-11-23(31)12-10-21)26(22-7-6-8-24(32)13-22)14-30(4,29(34)37)15-27(35)36/h6-13,19-20,25-26,28H,5,14-18H2,1-4H3,(H,35,36)/t19?,20?,25-,26+,28+,30-/m0/s1. The van der Waals surface area contributed by atoms with Crippen LogP contribution in [0.1, 0.15) is 70.0 Å². The number of amides is 1. The number of carbonyl (C=O) groups excluding carboxylic acids is 1. The molecule has 0 spiro atoms. The number of hydrogen-bond acceptors (Lipinski definition) is 4. The van der Waals surface area contributed by atoms with Crippen LogP contribution in [-0.2, 0) is 14.3 Å². The normalized spacial score (nSPS) is 29.3. The molecule has 2 heterocycles. The molecule has 6 nitrogen and oxygen atoms in total. The molecular formula is C30H38Cl2N2O4. The molecule has 38 heavy (non-hydrogen) atoms. The Hall–Kier alpha value is -2.12. The minimum atomic E-state index is -1.05. The number of rotatable bonds is 8. The molecule has 2 aromatic rings. The molecule has 2 aliphatic heterocycles. The molecular weight excluding hydrogens is 523 g/mol. The third-order valence-electron chi connectivity index (χ3n) is 7.96. The third kappa shape index (κ3) is 6.36. The fraction of sp³-hybridized carbons (Fsp3) is 0.533. The zero-order chi connectivity index (χ0) is 27.6. The molecule has 2 aliphatic rings. The zero-order valence-corrected chi connectivity index (χ0v) is 24.1. The summed E-state index contributed by atoms with van der Waals surface area (Å²) < 4.78 is 5.95. The average molecular weight is 562 g/mol. The summed E-state index contributed by atoms with van der Waals surface area (Å²) in [5, 5.41) is 11.1. The lowest BCUT2D eigenvalue weighted by Crippen LogP contribution is -2.59. The van der Waals surface area contributed by atoms with E-state index in [-0.39, 0.29) is 42.5 Å². The van der Waals surface area contributed by atoms with Gasteiger partial charge in [-0.15, -0.1) is 0 Å². The van der Waals surface area contributed by atoms with Crippen molar-refractivity contribution in [2.24, 2.45) is 5.41 Å². The van der Waals surface area contributed by atoms with Crippen molar-refractivity contribution >= 4 is 35.1 Å². The van der Waals surface area contributed by atoms with Gasteiger partial charge in [0.2, 0.25) is 5.91 Å². The van der Waals surface area contributed by atoms with Crippen molar-refractivity contribution in [2.45, 2.75) is 77.2 Å². The minimum absolute atomic E-state index is 0.108. The molecule has 0 aromatic heterocycles. The SMILES string of the molecule is CC[C@@H](CN1CC(C)OC(C)C1)N1C(=O)[C@](C)(CC(=O)O)C[C@H](c2cccc(Cl)c2)[C@H]1c1ccc(Cl)cc1. The quantitative estimate of drug-likeness (QED) is 0.403. The average Bonchev–Trinajstić information content (AvgIpc) is 2.84. The summed E-state index contributed by atoms with van der Waals surface area (Å²) in [5.41, 5.74) is 0.920. The highest BCUT2D eigenvalue weighted by molar-refractivity contribution is 6.30. The van der Waals surface area contributed by atoms with Gasteiger partial charge in [0.05, 0.1) is 30.1 Å². The molecule has 0 aliphatic carbocycles. The molecule has 2 saturated heterocycles. The number of aliphatic carboxylic acids is 1. The van der Waals surface area contributed by atoms with E-state index in [1.54, 1.807) is 6.92 Å². The second-order valence-corrected chi connectivity index (χ2v) is 12.1. The monoisotopic (exact) mass is 560 g/mol. The second-order valence-electron chi connectivity index (χ2n) is 11.2. The van der Waals surface area contributed by atoms with Gasteiger partial charge in [-0.1, -0.05) is 61.3 Å². The van der Waals surface area contributed by atoms with Gasteiger partial charge >= 0.3 is 5.97 Å². The molecule has 0 bridgehead atoms. The Balaban J connectivity index is 1.83. The highest BCUT2D eigenvalue weighted by atomic mass is 35.5. The maximum atomic E-state index is 14.4. The summed E-state index contributed by atoms with van der Waals surface area (Å²) >= 11 is 12.7. The molecule has 2 fully saturated rings. The van der Waals surface area contributed by atoms with E-state index >= 15 is 0 Å². The van der Waals surface area contributed by atoms with Crippen molar-refractivity contribution in [3.63, 3.8) is 0 Å². The van der Waals surface area contributed by atoms with Gasteiger partial charge in [-0.05, 0) is 62.1 Å². The van der Waals surface area contributed by atoms with Crippen LogP contribution < -0.4 is 0 Å². The van der Waals surface area contributed by atoms with Crippen LogP contribution in [0.5, 0.6) is 0 Å². The summed E-state index contributed by atoms with van der Waals surface area (Å²) in [4.78, 5) is 30.8. The fourth-order valence-corrected chi connectivity index (χ4v) is 6.75. The summed E-state index contributed by atoms with van der Waals surface area (Å²) in [7, 11) is 0. The Morgan fingerprint density at radius 3 is 2.32 bits per heavy atom. The van der Waals surface area contributed by atoms with Gasteiger partial charge in [-0.2, -0.15) is 0 Å². The predicted octanol–water partition coefficient (Wildman–Crippen LogP) is 6.42. The van der Waals surface area contributed by atoms with Gasteiger partial charge in [-0.3, -0.25) is 14.5 Å². The first-order valence-corrected chi connectivity index (χ1v) is 14.2. The molecule has 4 rings (SSSR count). The Labute approximate surface area is 235 Å². The molecule has 206 valence electrons. The number of nitrogens with zero attached hydrogens (tertiary/aromatic N) is 2. The van der Waals surface area contributed by atoms with Crippen LogP contribution in [0.3, 0.4) is 0 Å². The number of hydrogen-bond donors (Lipinski definition) is 1. The van der Waals surface area contributed by atoms with E-state index in [0.717, 1.165) is 30.6 Å². The van der Waals surface area contributed by atoms with Crippen molar-refractivity contribution in [3.05, 3.63) is 69.7 Å². The number of carboxylic acid groups (broad SMARTS) is 1. The van der Waals surface area contributed by atoms with Gasteiger partial charge < -0.3 is 14.7 Å². The maximum Gasteiger partial charge on any atom is 0.304 e. The number of benzene rings is 2. The van der Waals surface area contributed by atoms with Crippen molar-refractivity contribution < 1.29 is 19.4 Å². The van der Waals surface area contributed by atoms with Crippen LogP contribution in [0, 0.1) is 5.41 Å². The summed E-state index contributed by atoms with van der Waals surface area (Å²) in [5.74, 6) is -1.23. The lowest BCUT2D eigenvalue weighted by Gasteiger charge is -2.52. The predicted molar refractivity (Wildman–Crippen MR) is 151 cm³/mol. The molecule has 1 amide bonds. The fourth-order valence-electron chi connectivity index (χ4n) is 6.43. The number of piperidine rings is 1. The van der Waals surface area contributed by atoms with E-state index in [4.69, 9.17) is 27.9 Å². The number of likely N-dealkylation sites (tertiary alicyclic amines) is 1. The van der Waals surface area contributed by atoms with E-state index in [1.165, 1.54) is 0 Å². The zero-order valence-electron chi connectivity index (χ0n) is 22.6. The van der Waals surface area contributed by atoms with Crippen LogP contribution in [0.25, 0.3) is 0 Å². The first-order chi connectivity index (χ1) is 18.0. The molecule has 0 radical (unpaired) electrons. The summed E-state index contributed by atoms with van der Waals surface area (Å²) in [6.07, 6.45) is 1.13. The van der Waals surface area contributed by atoms with Crippen LogP contribution in [-0.4, -0.2) is 64.7 Å². The van der Waals surface area contributed by atoms with Gasteiger partial charge in [-0.25, -0.2) is 0 Å². The maximum absolute atomic E-state index is 14.4. The van der Waals surface area contributed by atoms with Gasteiger partial charge in [0.15, 0.2) is 0 Å². The molecule has 0 saturated carbocycles. The van der Waals surface area contributed by atoms with E-state index < -0.39 is 11.4 Å². The van der Waals surface area contributed by atoms with Crippen molar-refractivity contribution in [1.29, 1.82) is 0 Å². The lowest BCUT2D eigenvalue weighted by atomic mass is 9.67. The van der Waals surface area contributed by atoms with E-state index in [1.807, 2.05) is 53.4 Å². The van der Waals surface area contributed by atoms with E-state index in [9.17, 15) is 14.7 Å². The second kappa shape index (κ2) is 12.0. The number of halogens is 2. The topological polar surface area (TPSA) is 70.1 Å². The Kier molecular flexibility index (Phi) is 9.08. The molecule has 1 N–H and O–H groups in total. The number of morpholine rings is 1. The molecule has 8 heteroatoms. The largest absolute Gasteiger partial charge is 0.481 e. The van der Waals surface area contributed by atoms with Crippen LogP contribution in [0.4, 0.5) is 0 Å². The van der Waals surface area contributed by atoms with E-state index in [0.29, 0.717) is 23.0 Å².